The zero-order valence-electron chi connectivity index (χ0n) is 7.60. The van der Waals surface area contributed by atoms with Crippen LogP contribution in [0.5, 0.6) is 0 Å². The summed E-state index contributed by atoms with van der Waals surface area (Å²) in [6.07, 6.45) is 1.96. The Hall–Kier alpha value is -1.36. The Balaban J connectivity index is 2.11. The summed E-state index contributed by atoms with van der Waals surface area (Å²) in [7, 11) is 0. The molecule has 5 heteroatoms. The first-order valence-electron chi connectivity index (χ1n) is 4.55. The van der Waals surface area contributed by atoms with Crippen LogP contribution >= 0.6 is 0 Å². The Kier molecular flexibility index (Phi) is 2.49. The molecule has 2 heterocycles. The first-order chi connectivity index (χ1) is 6.77. The average molecular weight is 197 g/mol. The summed E-state index contributed by atoms with van der Waals surface area (Å²) in [5.41, 5.74) is 0.683. The monoisotopic (exact) mass is 197 g/mol. The maximum Gasteiger partial charge on any atom is 0.374 e. The Morgan fingerprint density at radius 2 is 2.50 bits per heavy atom. The molecule has 1 aliphatic rings. The van der Waals surface area contributed by atoms with E-state index in [1.807, 2.05) is 0 Å². The van der Waals surface area contributed by atoms with Crippen LogP contribution in [0.3, 0.4) is 0 Å². The van der Waals surface area contributed by atoms with Crippen LogP contribution in [-0.2, 0) is 4.74 Å². The van der Waals surface area contributed by atoms with E-state index in [2.05, 4.69) is 9.68 Å². The standard InChI is InChI=1S/C9H11NO4/c11-9(12)8-4-7(10-14-8)6-2-1-3-13-5-6/h4,6H,1-3,5H2,(H,11,12). The molecule has 0 amide bonds. The summed E-state index contributed by atoms with van der Waals surface area (Å²) >= 11 is 0. The fraction of sp³-hybridized carbons (Fsp3) is 0.556. The minimum atomic E-state index is -1.08. The van der Waals surface area contributed by atoms with Gasteiger partial charge in [-0.1, -0.05) is 5.16 Å². The van der Waals surface area contributed by atoms with Crippen LogP contribution in [-0.4, -0.2) is 29.4 Å². The van der Waals surface area contributed by atoms with Crippen molar-refractivity contribution >= 4 is 5.97 Å². The fourth-order valence-corrected chi connectivity index (χ4v) is 1.56. The predicted molar refractivity (Wildman–Crippen MR) is 46.3 cm³/mol. The maximum atomic E-state index is 10.5. The van der Waals surface area contributed by atoms with Gasteiger partial charge in [0.1, 0.15) is 0 Å². The van der Waals surface area contributed by atoms with Crippen molar-refractivity contribution < 1.29 is 19.2 Å². The Morgan fingerprint density at radius 3 is 3.07 bits per heavy atom. The van der Waals surface area contributed by atoms with Crippen LogP contribution in [0.2, 0.25) is 0 Å². The quantitative estimate of drug-likeness (QED) is 0.772. The van der Waals surface area contributed by atoms with Crippen LogP contribution < -0.4 is 0 Å². The minimum Gasteiger partial charge on any atom is -0.475 e. The van der Waals surface area contributed by atoms with Gasteiger partial charge in [0.2, 0.25) is 5.76 Å². The van der Waals surface area contributed by atoms with Gasteiger partial charge in [0.15, 0.2) is 0 Å². The highest BCUT2D eigenvalue weighted by molar-refractivity contribution is 5.84. The molecule has 14 heavy (non-hydrogen) atoms. The molecule has 1 atom stereocenters. The second-order valence-electron chi connectivity index (χ2n) is 3.34. The number of carbonyl (C=O) groups is 1. The molecule has 1 saturated heterocycles. The maximum absolute atomic E-state index is 10.5. The van der Waals surface area contributed by atoms with E-state index in [1.165, 1.54) is 6.07 Å². The molecule has 1 unspecified atom stereocenters. The molecule has 5 nitrogen and oxygen atoms in total. The number of nitrogens with zero attached hydrogens (tertiary/aromatic N) is 1. The Morgan fingerprint density at radius 1 is 1.64 bits per heavy atom. The molecule has 1 aliphatic heterocycles. The predicted octanol–water partition coefficient (Wildman–Crippen LogP) is 1.27. The van der Waals surface area contributed by atoms with E-state index in [4.69, 9.17) is 9.84 Å². The van der Waals surface area contributed by atoms with Gasteiger partial charge in [-0.15, -0.1) is 0 Å². The van der Waals surface area contributed by atoms with Crippen molar-refractivity contribution in [3.8, 4) is 0 Å². The van der Waals surface area contributed by atoms with Crippen molar-refractivity contribution in [1.29, 1.82) is 0 Å². The third kappa shape index (κ3) is 1.77. The van der Waals surface area contributed by atoms with Crippen molar-refractivity contribution in [1.82, 2.24) is 5.16 Å². The summed E-state index contributed by atoms with van der Waals surface area (Å²) in [5, 5.41) is 12.4. The molecule has 1 fully saturated rings. The van der Waals surface area contributed by atoms with Crippen LogP contribution in [0.1, 0.15) is 35.0 Å². The van der Waals surface area contributed by atoms with Gasteiger partial charge in [0.25, 0.3) is 0 Å². The van der Waals surface area contributed by atoms with Crippen LogP contribution in [0.4, 0.5) is 0 Å². The number of aromatic nitrogens is 1. The van der Waals surface area contributed by atoms with Gasteiger partial charge in [-0.05, 0) is 12.8 Å². The molecule has 1 aromatic heterocycles. The third-order valence-corrected chi connectivity index (χ3v) is 2.32. The smallest absolute Gasteiger partial charge is 0.374 e. The lowest BCUT2D eigenvalue weighted by Gasteiger charge is -2.19. The highest BCUT2D eigenvalue weighted by atomic mass is 16.5. The minimum absolute atomic E-state index is 0.106. The molecule has 0 bridgehead atoms. The lowest BCUT2D eigenvalue weighted by Crippen LogP contribution is -2.15. The topological polar surface area (TPSA) is 72.6 Å². The van der Waals surface area contributed by atoms with Crippen LogP contribution in [0.15, 0.2) is 10.6 Å². The lowest BCUT2D eigenvalue weighted by atomic mass is 9.99. The Labute approximate surface area is 80.6 Å². The molecular formula is C9H11NO4. The van der Waals surface area contributed by atoms with Crippen molar-refractivity contribution in [2.45, 2.75) is 18.8 Å². The lowest BCUT2D eigenvalue weighted by molar-refractivity contribution is 0.0651. The summed E-state index contributed by atoms with van der Waals surface area (Å²) < 4.78 is 9.95. The van der Waals surface area contributed by atoms with E-state index >= 15 is 0 Å². The molecule has 0 aliphatic carbocycles. The van der Waals surface area contributed by atoms with Crippen molar-refractivity contribution in [3.63, 3.8) is 0 Å². The van der Waals surface area contributed by atoms with Gasteiger partial charge in [0, 0.05) is 18.6 Å². The number of carboxylic acid groups (broad SMARTS) is 1. The third-order valence-electron chi connectivity index (χ3n) is 2.32. The fourth-order valence-electron chi connectivity index (χ4n) is 1.56. The van der Waals surface area contributed by atoms with E-state index in [0.29, 0.717) is 12.3 Å². The molecule has 0 spiro atoms. The van der Waals surface area contributed by atoms with Crippen LogP contribution in [0.25, 0.3) is 0 Å². The molecule has 2 rings (SSSR count). The van der Waals surface area contributed by atoms with Crippen molar-refractivity contribution in [3.05, 3.63) is 17.5 Å². The molecular weight excluding hydrogens is 186 g/mol. The largest absolute Gasteiger partial charge is 0.475 e. The van der Waals surface area contributed by atoms with Gasteiger partial charge in [-0.3, -0.25) is 0 Å². The zero-order valence-corrected chi connectivity index (χ0v) is 7.60. The zero-order chi connectivity index (χ0) is 9.97. The molecule has 76 valence electrons. The van der Waals surface area contributed by atoms with Gasteiger partial charge in [-0.25, -0.2) is 4.79 Å². The normalized spacial score (nSPS) is 22.1. The van der Waals surface area contributed by atoms with Gasteiger partial charge in [0.05, 0.1) is 12.3 Å². The van der Waals surface area contributed by atoms with Crippen LogP contribution in [0, 0.1) is 0 Å². The van der Waals surface area contributed by atoms with E-state index in [0.717, 1.165) is 19.4 Å². The summed E-state index contributed by atoms with van der Waals surface area (Å²) in [6, 6.07) is 1.47. The summed E-state index contributed by atoms with van der Waals surface area (Å²) in [5.74, 6) is -1.01. The second kappa shape index (κ2) is 3.79. The number of hydrogen-bond acceptors (Lipinski definition) is 4. The second-order valence-corrected chi connectivity index (χ2v) is 3.34. The highest BCUT2D eigenvalue weighted by Gasteiger charge is 2.21. The van der Waals surface area contributed by atoms with Crippen molar-refractivity contribution in [2.75, 3.05) is 13.2 Å². The van der Waals surface area contributed by atoms with Crippen molar-refractivity contribution in [2.24, 2.45) is 0 Å². The molecule has 0 radical (unpaired) electrons. The molecule has 0 saturated carbocycles. The number of carboxylic acids is 1. The van der Waals surface area contributed by atoms with E-state index in [9.17, 15) is 4.79 Å². The SMILES string of the molecule is O=C(O)c1cc(C2CCCOC2)no1. The summed E-state index contributed by atoms with van der Waals surface area (Å²) in [6.45, 7) is 1.38. The van der Waals surface area contributed by atoms with Gasteiger partial charge < -0.3 is 14.4 Å². The highest BCUT2D eigenvalue weighted by Crippen LogP contribution is 2.24. The molecule has 1 aromatic rings. The first-order valence-corrected chi connectivity index (χ1v) is 4.55. The first kappa shape index (κ1) is 9.21. The summed E-state index contributed by atoms with van der Waals surface area (Å²) in [4.78, 5) is 10.5. The van der Waals surface area contributed by atoms with Gasteiger partial charge >= 0.3 is 5.97 Å². The van der Waals surface area contributed by atoms with Gasteiger partial charge in [-0.2, -0.15) is 0 Å². The number of hydrogen-bond donors (Lipinski definition) is 1. The van der Waals surface area contributed by atoms with E-state index < -0.39 is 5.97 Å². The number of ether oxygens (including phenoxy) is 1. The molecule has 0 aromatic carbocycles. The molecule has 1 N–H and O–H groups in total. The van der Waals surface area contributed by atoms with E-state index in [-0.39, 0.29) is 11.7 Å². The number of rotatable bonds is 2. The average Bonchev–Trinajstić information content (AvgIpc) is 2.68. The number of aromatic carboxylic acids is 1. The van der Waals surface area contributed by atoms with E-state index in [1.54, 1.807) is 0 Å². The Bertz CT molecular complexity index is 327.